The van der Waals surface area contributed by atoms with Crippen molar-refractivity contribution in [3.05, 3.63) is 0 Å². The van der Waals surface area contributed by atoms with E-state index in [1.54, 1.807) is 0 Å². The molecule has 0 bridgehead atoms. The van der Waals surface area contributed by atoms with E-state index in [1.807, 2.05) is 0 Å². The quantitative estimate of drug-likeness (QED) is 0.449. The van der Waals surface area contributed by atoms with E-state index in [0.717, 1.165) is 47.3 Å². The van der Waals surface area contributed by atoms with Crippen molar-refractivity contribution in [2.75, 3.05) is 0 Å². The maximum Gasteiger partial charge on any atom is -0.0329 e. The summed E-state index contributed by atoms with van der Waals surface area (Å²) in [5, 5.41) is 0. The summed E-state index contributed by atoms with van der Waals surface area (Å²) in [5.41, 5.74) is 1.01. The van der Waals surface area contributed by atoms with Crippen LogP contribution in [0.5, 0.6) is 0 Å². The van der Waals surface area contributed by atoms with Gasteiger partial charge in [-0.15, -0.1) is 0 Å². The first-order valence-electron chi connectivity index (χ1n) is 10.5. The van der Waals surface area contributed by atoms with E-state index in [-0.39, 0.29) is 0 Å². The second-order valence-electron chi connectivity index (χ2n) is 11.8. The molecule has 0 aliphatic heterocycles. The van der Waals surface area contributed by atoms with Crippen LogP contribution < -0.4 is 0 Å². The van der Waals surface area contributed by atoms with Gasteiger partial charge in [0.05, 0.1) is 0 Å². The SMILES string of the molecule is CC1CC(C(C)(C)C)CC2C3CC(C(C)(C)C)CCC3C(C)C12. The fourth-order valence-electron chi connectivity index (χ4n) is 7.13. The molecular formula is C23H42. The van der Waals surface area contributed by atoms with Crippen molar-refractivity contribution in [1.29, 1.82) is 0 Å². The van der Waals surface area contributed by atoms with Crippen LogP contribution in [0.15, 0.2) is 0 Å². The van der Waals surface area contributed by atoms with Crippen molar-refractivity contribution in [2.24, 2.45) is 58.2 Å². The Labute approximate surface area is 146 Å². The zero-order chi connectivity index (χ0) is 17.2. The molecule has 0 radical (unpaired) electrons. The summed E-state index contributed by atoms with van der Waals surface area (Å²) < 4.78 is 0. The van der Waals surface area contributed by atoms with Crippen LogP contribution in [0.2, 0.25) is 0 Å². The molecule has 0 heterocycles. The molecule has 3 aliphatic rings. The number of hydrogen-bond donors (Lipinski definition) is 0. The van der Waals surface area contributed by atoms with Crippen molar-refractivity contribution in [3.63, 3.8) is 0 Å². The van der Waals surface area contributed by atoms with E-state index in [2.05, 4.69) is 55.4 Å². The molecule has 0 heteroatoms. The zero-order valence-electron chi connectivity index (χ0n) is 17.2. The molecule has 0 N–H and O–H groups in total. The fourth-order valence-corrected chi connectivity index (χ4v) is 7.13. The summed E-state index contributed by atoms with van der Waals surface area (Å²) in [6.07, 6.45) is 7.56. The molecule has 8 unspecified atom stereocenters. The molecule has 0 aromatic carbocycles. The van der Waals surface area contributed by atoms with Crippen molar-refractivity contribution in [2.45, 2.75) is 87.5 Å². The highest BCUT2D eigenvalue weighted by atomic mass is 14.6. The Morgan fingerprint density at radius 3 is 1.74 bits per heavy atom. The minimum Gasteiger partial charge on any atom is -0.0622 e. The van der Waals surface area contributed by atoms with Crippen molar-refractivity contribution in [1.82, 2.24) is 0 Å². The van der Waals surface area contributed by atoms with Crippen LogP contribution in [-0.4, -0.2) is 0 Å². The lowest BCUT2D eigenvalue weighted by Crippen LogP contribution is -2.38. The van der Waals surface area contributed by atoms with Gasteiger partial charge in [-0.1, -0.05) is 55.4 Å². The van der Waals surface area contributed by atoms with Crippen LogP contribution >= 0.6 is 0 Å². The van der Waals surface area contributed by atoms with Gasteiger partial charge in [-0.2, -0.15) is 0 Å². The first-order chi connectivity index (χ1) is 10.5. The zero-order valence-corrected chi connectivity index (χ0v) is 17.2. The molecule has 3 saturated carbocycles. The minimum atomic E-state index is 0.499. The van der Waals surface area contributed by atoms with Crippen molar-refractivity contribution < 1.29 is 0 Å². The molecule has 134 valence electrons. The topological polar surface area (TPSA) is 0 Å². The highest BCUT2D eigenvalue weighted by molar-refractivity contribution is 5.04. The average molecular weight is 319 g/mol. The Kier molecular flexibility index (Phi) is 4.47. The number of fused-ring (bicyclic) bond motifs is 3. The maximum atomic E-state index is 2.62. The summed E-state index contributed by atoms with van der Waals surface area (Å²) in [4.78, 5) is 0. The summed E-state index contributed by atoms with van der Waals surface area (Å²) in [7, 11) is 0. The van der Waals surface area contributed by atoms with Crippen LogP contribution in [0.4, 0.5) is 0 Å². The first kappa shape index (κ1) is 17.8. The fraction of sp³-hybridized carbons (Fsp3) is 1.00. The highest BCUT2D eigenvalue weighted by Gasteiger charge is 2.55. The van der Waals surface area contributed by atoms with Gasteiger partial charge >= 0.3 is 0 Å². The maximum absolute atomic E-state index is 2.62. The second kappa shape index (κ2) is 5.77. The van der Waals surface area contributed by atoms with Crippen molar-refractivity contribution in [3.8, 4) is 0 Å². The van der Waals surface area contributed by atoms with E-state index in [0.29, 0.717) is 10.8 Å². The van der Waals surface area contributed by atoms with Gasteiger partial charge in [-0.05, 0) is 90.3 Å². The third-order valence-corrected chi connectivity index (χ3v) is 8.60. The lowest BCUT2D eigenvalue weighted by molar-refractivity contribution is 0.0304. The number of rotatable bonds is 0. The molecular weight excluding hydrogens is 276 g/mol. The van der Waals surface area contributed by atoms with Crippen LogP contribution in [0.1, 0.15) is 87.5 Å². The van der Waals surface area contributed by atoms with Crippen molar-refractivity contribution >= 4 is 0 Å². The normalized spacial score (nSPS) is 48.0. The Morgan fingerprint density at radius 1 is 0.609 bits per heavy atom. The predicted octanol–water partition coefficient (Wildman–Crippen LogP) is 7.04. The minimum absolute atomic E-state index is 0.499. The van der Waals surface area contributed by atoms with E-state index < -0.39 is 0 Å². The molecule has 0 aromatic heterocycles. The first-order valence-corrected chi connectivity index (χ1v) is 10.5. The van der Waals surface area contributed by atoms with Gasteiger partial charge < -0.3 is 0 Å². The van der Waals surface area contributed by atoms with Gasteiger partial charge in [0.1, 0.15) is 0 Å². The monoisotopic (exact) mass is 318 g/mol. The molecule has 8 atom stereocenters. The second-order valence-corrected chi connectivity index (χ2v) is 11.8. The Hall–Kier alpha value is 0. The third-order valence-electron chi connectivity index (χ3n) is 8.60. The highest BCUT2D eigenvalue weighted by Crippen LogP contribution is 2.62. The Bertz CT molecular complexity index is 420. The molecule has 0 saturated heterocycles. The van der Waals surface area contributed by atoms with Gasteiger partial charge in [0.15, 0.2) is 0 Å². The molecule has 3 aliphatic carbocycles. The molecule has 3 fully saturated rings. The molecule has 0 spiro atoms. The van der Waals surface area contributed by atoms with Gasteiger partial charge in [0, 0.05) is 0 Å². The smallest absolute Gasteiger partial charge is 0.0329 e. The van der Waals surface area contributed by atoms with E-state index in [4.69, 9.17) is 0 Å². The number of hydrogen-bond acceptors (Lipinski definition) is 0. The van der Waals surface area contributed by atoms with Gasteiger partial charge in [0.25, 0.3) is 0 Å². The van der Waals surface area contributed by atoms with Gasteiger partial charge in [-0.3, -0.25) is 0 Å². The van der Waals surface area contributed by atoms with Crippen LogP contribution in [-0.2, 0) is 0 Å². The van der Waals surface area contributed by atoms with Crippen LogP contribution in [0.3, 0.4) is 0 Å². The van der Waals surface area contributed by atoms with Crippen LogP contribution in [0, 0.1) is 58.2 Å². The third kappa shape index (κ3) is 3.13. The Balaban J connectivity index is 1.83. The average Bonchev–Trinajstić information content (AvgIpc) is 2.70. The van der Waals surface area contributed by atoms with Gasteiger partial charge in [0.2, 0.25) is 0 Å². The molecule has 0 nitrogen and oxygen atoms in total. The molecule has 23 heavy (non-hydrogen) atoms. The lowest BCUT2D eigenvalue weighted by atomic mass is 9.59. The summed E-state index contributed by atoms with van der Waals surface area (Å²) >= 11 is 0. The molecule has 3 rings (SSSR count). The summed E-state index contributed by atoms with van der Waals surface area (Å²) in [6, 6.07) is 0. The standard InChI is InChI=1S/C23H42/c1-14-11-17(23(6,7)8)13-20-19-12-16(22(3,4)5)9-10-18(19)15(2)21(14)20/h14-21H,9-13H2,1-8H3. The molecule has 0 amide bonds. The Morgan fingerprint density at radius 2 is 1.17 bits per heavy atom. The van der Waals surface area contributed by atoms with E-state index in [1.165, 1.54) is 32.1 Å². The lowest BCUT2D eigenvalue weighted by Gasteiger charge is -2.46. The summed E-state index contributed by atoms with van der Waals surface area (Å²) in [5.74, 6) is 7.99. The summed E-state index contributed by atoms with van der Waals surface area (Å²) in [6.45, 7) is 20.1. The molecule has 0 aromatic rings. The largest absolute Gasteiger partial charge is 0.0622 e. The van der Waals surface area contributed by atoms with Gasteiger partial charge in [-0.25, -0.2) is 0 Å². The predicted molar refractivity (Wildman–Crippen MR) is 101 cm³/mol. The van der Waals surface area contributed by atoms with E-state index >= 15 is 0 Å². The van der Waals surface area contributed by atoms with E-state index in [9.17, 15) is 0 Å². The van der Waals surface area contributed by atoms with Crippen LogP contribution in [0.25, 0.3) is 0 Å².